The number of fused-ring (bicyclic) bond motifs is 1. The third kappa shape index (κ3) is 6.20. The molecule has 0 bridgehead atoms. The molecule has 1 heterocycles. The third-order valence-electron chi connectivity index (χ3n) is 5.98. The van der Waals surface area contributed by atoms with Crippen molar-refractivity contribution in [1.82, 2.24) is 5.32 Å². The van der Waals surface area contributed by atoms with Crippen LogP contribution in [0.1, 0.15) is 30.5 Å². The van der Waals surface area contributed by atoms with Gasteiger partial charge in [0.2, 0.25) is 5.91 Å². The second-order valence-electron chi connectivity index (χ2n) is 8.89. The number of nitrogens with one attached hydrogen (secondary N) is 1. The molecule has 39 heavy (non-hydrogen) atoms. The Balaban J connectivity index is 1.80. The van der Waals surface area contributed by atoms with Gasteiger partial charge in [0.1, 0.15) is 17.7 Å². The van der Waals surface area contributed by atoms with Crippen molar-refractivity contribution < 1.29 is 35.5 Å². The van der Waals surface area contributed by atoms with Gasteiger partial charge in [0.05, 0.1) is 34.3 Å². The van der Waals surface area contributed by atoms with E-state index in [4.69, 9.17) is 16.3 Å². The second kappa shape index (κ2) is 10.9. The molecule has 0 saturated carbocycles. The summed E-state index contributed by atoms with van der Waals surface area (Å²) in [5.74, 6) is -0.752. The fourth-order valence-corrected chi connectivity index (χ4v) is 6.02. The van der Waals surface area contributed by atoms with E-state index in [0.717, 1.165) is 22.5 Å². The quantitative estimate of drug-likeness (QED) is 0.279. The van der Waals surface area contributed by atoms with Crippen LogP contribution < -0.4 is 14.4 Å². The Morgan fingerprint density at radius 1 is 1.13 bits per heavy atom. The number of allylic oxidation sites excluding steroid dienone is 1. The maximum Gasteiger partial charge on any atom is 0.416 e. The lowest BCUT2D eigenvalue weighted by Gasteiger charge is -2.35. The van der Waals surface area contributed by atoms with Gasteiger partial charge in [-0.2, -0.15) is 13.2 Å². The Bertz CT molecular complexity index is 1540. The number of amides is 1. The zero-order chi connectivity index (χ0) is 28.5. The zero-order valence-corrected chi connectivity index (χ0v) is 22.3. The number of rotatable bonds is 6. The van der Waals surface area contributed by atoms with E-state index in [2.05, 4.69) is 5.32 Å². The van der Waals surface area contributed by atoms with Crippen LogP contribution in [-0.4, -0.2) is 33.5 Å². The molecule has 12 heteroatoms. The van der Waals surface area contributed by atoms with Crippen LogP contribution in [0.15, 0.2) is 65.6 Å². The maximum atomic E-state index is 14.4. The van der Waals surface area contributed by atoms with Gasteiger partial charge in [-0.05, 0) is 60.5 Å². The Morgan fingerprint density at radius 2 is 1.85 bits per heavy atom. The van der Waals surface area contributed by atoms with Gasteiger partial charge in [-0.25, -0.2) is 12.8 Å². The molecule has 0 saturated heterocycles. The summed E-state index contributed by atoms with van der Waals surface area (Å²) in [6, 6.07) is 12.3. The van der Waals surface area contributed by atoms with E-state index in [1.807, 2.05) is 0 Å². The van der Waals surface area contributed by atoms with E-state index < -0.39 is 38.6 Å². The highest BCUT2D eigenvalue weighted by atomic mass is 35.5. The van der Waals surface area contributed by atoms with Crippen molar-refractivity contribution in [3.05, 3.63) is 88.2 Å². The highest BCUT2D eigenvalue weighted by molar-refractivity contribution is 7.92. The Kier molecular flexibility index (Phi) is 7.94. The smallest absolute Gasteiger partial charge is 0.416 e. The summed E-state index contributed by atoms with van der Waals surface area (Å²) < 4.78 is 88.7. The van der Waals surface area contributed by atoms with Gasteiger partial charge in [-0.15, -0.1) is 0 Å². The predicted molar refractivity (Wildman–Crippen MR) is 140 cm³/mol. The molecule has 1 aliphatic heterocycles. The van der Waals surface area contributed by atoms with Crippen molar-refractivity contribution >= 4 is 44.9 Å². The average Bonchev–Trinajstić information content (AvgIpc) is 2.86. The van der Waals surface area contributed by atoms with E-state index in [1.165, 1.54) is 37.3 Å². The first kappa shape index (κ1) is 28.4. The first-order valence-electron chi connectivity index (χ1n) is 11.6. The zero-order valence-electron chi connectivity index (χ0n) is 20.7. The van der Waals surface area contributed by atoms with Crippen molar-refractivity contribution in [3.63, 3.8) is 0 Å². The number of hydrogen-bond acceptors (Lipinski definition) is 4. The van der Waals surface area contributed by atoms with Crippen molar-refractivity contribution in [2.45, 2.75) is 31.0 Å². The number of hydrogen-bond donors (Lipinski definition) is 1. The van der Waals surface area contributed by atoms with Crippen LogP contribution in [0.3, 0.4) is 0 Å². The number of anilines is 1. The van der Waals surface area contributed by atoms with Crippen LogP contribution in [0.2, 0.25) is 5.02 Å². The molecule has 0 unspecified atom stereocenters. The minimum absolute atomic E-state index is 0.0318. The molecular formula is C27H23ClF4N2O4S. The number of ether oxygens (including phenoxy) is 1. The Labute approximate surface area is 227 Å². The lowest BCUT2D eigenvalue weighted by Crippen LogP contribution is -2.48. The lowest BCUT2D eigenvalue weighted by atomic mass is 10.0. The molecule has 6 nitrogen and oxygen atoms in total. The van der Waals surface area contributed by atoms with E-state index >= 15 is 0 Å². The topological polar surface area (TPSA) is 75.7 Å². The minimum atomic E-state index is -4.74. The number of nitrogens with zero attached hydrogens (tertiary/aromatic N) is 1. The van der Waals surface area contributed by atoms with Gasteiger partial charge >= 0.3 is 6.18 Å². The Hall–Kier alpha value is -3.57. The van der Waals surface area contributed by atoms with Crippen molar-refractivity contribution in [2.75, 3.05) is 17.4 Å². The first-order valence-corrected chi connectivity index (χ1v) is 13.5. The first-order chi connectivity index (χ1) is 18.3. The summed E-state index contributed by atoms with van der Waals surface area (Å²) in [6.45, 7) is 2.62. The highest BCUT2D eigenvalue weighted by Crippen LogP contribution is 2.40. The van der Waals surface area contributed by atoms with Crippen LogP contribution in [0.5, 0.6) is 5.75 Å². The van der Waals surface area contributed by atoms with Gasteiger partial charge < -0.3 is 10.1 Å². The van der Waals surface area contributed by atoms with E-state index in [0.29, 0.717) is 17.2 Å². The van der Waals surface area contributed by atoms with E-state index in [1.54, 1.807) is 19.1 Å². The van der Waals surface area contributed by atoms with E-state index in [9.17, 15) is 30.8 Å². The van der Waals surface area contributed by atoms with Crippen molar-refractivity contribution in [2.24, 2.45) is 0 Å². The summed E-state index contributed by atoms with van der Waals surface area (Å²) in [6.07, 6.45) is -3.96. The summed E-state index contributed by atoms with van der Waals surface area (Å²) in [5.41, 5.74) is 0.0786. The second-order valence-corrected chi connectivity index (χ2v) is 11.2. The molecule has 3 aromatic rings. The maximum absolute atomic E-state index is 14.4. The third-order valence-corrected chi connectivity index (χ3v) is 8.07. The monoisotopic (exact) mass is 582 g/mol. The molecule has 1 amide bonds. The number of carbonyl (C=O) groups is 1. The van der Waals surface area contributed by atoms with Crippen LogP contribution in [0, 0.1) is 5.82 Å². The fourth-order valence-electron chi connectivity index (χ4n) is 4.17. The predicted octanol–water partition coefficient (Wildman–Crippen LogP) is 6.15. The molecule has 0 spiro atoms. The lowest BCUT2D eigenvalue weighted by molar-refractivity contribution is -0.137. The van der Waals surface area contributed by atoms with Crippen LogP contribution in [-0.2, 0) is 21.0 Å². The molecule has 0 radical (unpaired) electrons. The molecule has 1 aliphatic rings. The standard InChI is InChI=1S/C27H23ClF4N2O4S/c1-16(26-22(28)7-4-8-23(26)29)11-18-9-10-25-24(12-18)34(15-20(38-25)14-33-17(2)35)39(36,37)21-6-3-5-19(13-21)27(30,31)32/h3-13,20H,14-15H2,1-2H3,(H,33,35)/b16-11+/t20-/m0/s1. The molecule has 3 aromatic carbocycles. The largest absolute Gasteiger partial charge is 0.484 e. The van der Waals surface area contributed by atoms with Crippen molar-refractivity contribution in [1.29, 1.82) is 0 Å². The number of halogens is 5. The average molecular weight is 583 g/mol. The Morgan fingerprint density at radius 3 is 2.51 bits per heavy atom. The molecule has 4 rings (SSSR count). The number of carbonyl (C=O) groups excluding carboxylic acids is 1. The number of benzene rings is 3. The summed E-state index contributed by atoms with van der Waals surface area (Å²) >= 11 is 6.17. The van der Waals surface area contributed by atoms with Gasteiger partial charge in [0, 0.05) is 12.5 Å². The van der Waals surface area contributed by atoms with Crippen molar-refractivity contribution in [3.8, 4) is 5.75 Å². The number of sulfonamides is 1. The molecule has 0 aliphatic carbocycles. The highest BCUT2D eigenvalue weighted by Gasteiger charge is 2.37. The van der Waals surface area contributed by atoms with Gasteiger partial charge in [0.15, 0.2) is 0 Å². The molecular weight excluding hydrogens is 560 g/mol. The van der Waals surface area contributed by atoms with Crippen LogP contribution in [0.4, 0.5) is 23.2 Å². The summed E-state index contributed by atoms with van der Waals surface area (Å²) in [7, 11) is -4.50. The van der Waals surface area contributed by atoms with Gasteiger partial charge in [0.25, 0.3) is 10.0 Å². The normalized spacial score (nSPS) is 15.9. The fraction of sp³-hybridized carbons (Fsp3) is 0.222. The molecule has 1 atom stereocenters. The van der Waals surface area contributed by atoms with Gasteiger partial charge in [-0.3, -0.25) is 9.10 Å². The summed E-state index contributed by atoms with van der Waals surface area (Å²) in [5, 5.41) is 2.76. The van der Waals surface area contributed by atoms with Crippen LogP contribution >= 0.6 is 11.6 Å². The van der Waals surface area contributed by atoms with Crippen LogP contribution in [0.25, 0.3) is 11.6 Å². The molecule has 0 fully saturated rings. The molecule has 206 valence electrons. The minimum Gasteiger partial charge on any atom is -0.484 e. The number of alkyl halides is 3. The summed E-state index contributed by atoms with van der Waals surface area (Å²) in [4.78, 5) is 10.9. The van der Waals surface area contributed by atoms with E-state index in [-0.39, 0.29) is 41.0 Å². The SMILES string of the molecule is CC(=O)NC[C@H]1CN(S(=O)(=O)c2cccc(C(F)(F)F)c2)c2cc(/C=C(\C)c3c(F)cccc3Cl)ccc2O1. The molecule has 0 aromatic heterocycles. The van der Waals surface area contributed by atoms with Gasteiger partial charge in [-0.1, -0.05) is 35.9 Å². The molecule has 1 N–H and O–H groups in total.